The number of nitrogen functional groups attached to an aromatic ring is 1. The van der Waals surface area contributed by atoms with Gasteiger partial charge in [-0.1, -0.05) is 0 Å². The molecule has 7 N–H and O–H groups in total. The normalized spacial score (nSPS) is 16.3. The average Bonchev–Trinajstić information content (AvgIpc) is 2.70. The zero-order chi connectivity index (χ0) is 13.7. The van der Waals surface area contributed by atoms with Crippen molar-refractivity contribution in [1.82, 2.24) is 9.78 Å². The fraction of sp³-hybridized carbons (Fsp3) is 0.700. The molecule has 1 aromatic heterocycles. The highest BCUT2D eigenvalue weighted by Gasteiger charge is 2.25. The molecule has 8 nitrogen and oxygen atoms in total. The van der Waals surface area contributed by atoms with E-state index in [9.17, 15) is 15.3 Å². The van der Waals surface area contributed by atoms with Crippen molar-refractivity contribution in [2.24, 2.45) is 0 Å². The van der Waals surface area contributed by atoms with E-state index in [1.165, 1.54) is 10.9 Å². The third-order valence-electron chi connectivity index (χ3n) is 2.55. The first-order chi connectivity index (χ1) is 8.51. The Morgan fingerprint density at radius 2 is 2.06 bits per heavy atom. The van der Waals surface area contributed by atoms with Crippen molar-refractivity contribution in [3.63, 3.8) is 0 Å². The van der Waals surface area contributed by atoms with Crippen LogP contribution in [0, 0.1) is 0 Å². The summed E-state index contributed by atoms with van der Waals surface area (Å²) in [5, 5.41) is 44.1. The minimum atomic E-state index is -1.45. The Balaban J connectivity index is 2.72. The van der Waals surface area contributed by atoms with Crippen LogP contribution in [0.5, 0.6) is 0 Å². The number of aromatic nitrogens is 2. The van der Waals surface area contributed by atoms with E-state index in [4.69, 9.17) is 10.8 Å². The molecule has 0 spiro atoms. The van der Waals surface area contributed by atoms with Crippen LogP contribution < -0.4 is 11.1 Å². The monoisotopic (exact) mass is 260 g/mol. The number of hydrogen-bond acceptors (Lipinski definition) is 7. The van der Waals surface area contributed by atoms with Crippen molar-refractivity contribution in [3.05, 3.63) is 6.20 Å². The molecule has 0 fully saturated rings. The predicted molar refractivity (Wildman–Crippen MR) is 65.9 cm³/mol. The molecule has 1 rings (SSSR count). The average molecular weight is 260 g/mol. The van der Waals surface area contributed by atoms with Gasteiger partial charge in [-0.2, -0.15) is 5.10 Å². The number of anilines is 2. The highest BCUT2D eigenvalue weighted by atomic mass is 16.4. The van der Waals surface area contributed by atoms with Gasteiger partial charge >= 0.3 is 0 Å². The van der Waals surface area contributed by atoms with Crippen molar-refractivity contribution in [3.8, 4) is 0 Å². The number of aliphatic hydroxyl groups is 4. The van der Waals surface area contributed by atoms with Gasteiger partial charge in [0.2, 0.25) is 0 Å². The first-order valence-electron chi connectivity index (χ1n) is 5.71. The van der Waals surface area contributed by atoms with Crippen LogP contribution in [0.25, 0.3) is 0 Å². The molecular formula is C10H20N4O4. The molecule has 1 aromatic rings. The Morgan fingerprint density at radius 1 is 1.39 bits per heavy atom. The molecule has 0 saturated heterocycles. The zero-order valence-electron chi connectivity index (χ0n) is 10.2. The second kappa shape index (κ2) is 6.55. The Hall–Kier alpha value is -1.35. The minimum Gasteiger partial charge on any atom is -0.394 e. The molecule has 0 amide bonds. The number of aliphatic hydroxyl groups excluding tert-OH is 4. The van der Waals surface area contributed by atoms with Gasteiger partial charge in [0.15, 0.2) is 0 Å². The predicted octanol–water partition coefficient (Wildman–Crippen LogP) is -2.03. The SMILES string of the molecule is CCNc1c(N)cnn1CC(O)C(O)C(O)CO. The van der Waals surface area contributed by atoms with Gasteiger partial charge in [-0.15, -0.1) is 0 Å². The summed E-state index contributed by atoms with van der Waals surface area (Å²) in [4.78, 5) is 0. The molecule has 18 heavy (non-hydrogen) atoms. The van der Waals surface area contributed by atoms with E-state index in [2.05, 4.69) is 10.4 Å². The van der Waals surface area contributed by atoms with Crippen molar-refractivity contribution in [2.75, 3.05) is 24.2 Å². The van der Waals surface area contributed by atoms with Crippen molar-refractivity contribution >= 4 is 11.5 Å². The van der Waals surface area contributed by atoms with E-state index in [0.29, 0.717) is 18.1 Å². The summed E-state index contributed by atoms with van der Waals surface area (Å²) in [7, 11) is 0. The molecule has 0 radical (unpaired) electrons. The Kier molecular flexibility index (Phi) is 5.35. The standard InChI is InChI=1S/C10H20N4O4/c1-2-12-10-6(11)3-13-14(10)4-7(16)9(18)8(17)5-15/h3,7-9,12,15-18H,2,4-5,11H2,1H3. The minimum absolute atomic E-state index is 0.0439. The van der Waals surface area contributed by atoms with Gasteiger partial charge in [0.25, 0.3) is 0 Å². The smallest absolute Gasteiger partial charge is 0.147 e. The van der Waals surface area contributed by atoms with Crippen LogP contribution in [0.1, 0.15) is 6.92 Å². The largest absolute Gasteiger partial charge is 0.394 e. The maximum absolute atomic E-state index is 9.72. The Bertz CT molecular complexity index is 371. The second-order valence-corrected chi connectivity index (χ2v) is 3.97. The third kappa shape index (κ3) is 3.33. The fourth-order valence-electron chi connectivity index (χ4n) is 1.55. The number of rotatable bonds is 7. The summed E-state index contributed by atoms with van der Waals surface area (Å²) in [5.74, 6) is 0.544. The van der Waals surface area contributed by atoms with E-state index in [0.717, 1.165) is 0 Å². The first-order valence-corrected chi connectivity index (χ1v) is 5.71. The molecular weight excluding hydrogens is 240 g/mol. The summed E-state index contributed by atoms with van der Waals surface area (Å²) < 4.78 is 1.40. The van der Waals surface area contributed by atoms with E-state index in [1.807, 2.05) is 6.92 Å². The summed E-state index contributed by atoms with van der Waals surface area (Å²) >= 11 is 0. The molecule has 3 atom stereocenters. The number of nitrogens with one attached hydrogen (secondary N) is 1. The molecule has 8 heteroatoms. The van der Waals surface area contributed by atoms with Crippen LogP contribution in [-0.2, 0) is 6.54 Å². The molecule has 0 aliphatic heterocycles. The summed E-state index contributed by atoms with van der Waals surface area (Å²) in [6.45, 7) is 1.85. The number of hydrogen-bond donors (Lipinski definition) is 6. The third-order valence-corrected chi connectivity index (χ3v) is 2.55. The number of nitrogens with two attached hydrogens (primary N) is 1. The van der Waals surface area contributed by atoms with E-state index in [-0.39, 0.29) is 6.54 Å². The molecule has 0 saturated carbocycles. The topological polar surface area (TPSA) is 137 Å². The van der Waals surface area contributed by atoms with Crippen LogP contribution >= 0.6 is 0 Å². The first kappa shape index (κ1) is 14.7. The van der Waals surface area contributed by atoms with E-state index in [1.54, 1.807) is 0 Å². The lowest BCUT2D eigenvalue weighted by molar-refractivity contribution is -0.0812. The van der Waals surface area contributed by atoms with Crippen molar-refractivity contribution in [1.29, 1.82) is 0 Å². The maximum Gasteiger partial charge on any atom is 0.147 e. The van der Waals surface area contributed by atoms with Crippen molar-refractivity contribution < 1.29 is 20.4 Å². The van der Waals surface area contributed by atoms with Crippen molar-refractivity contribution in [2.45, 2.75) is 31.8 Å². The van der Waals surface area contributed by atoms with Gasteiger partial charge in [0, 0.05) is 6.54 Å². The molecule has 3 unspecified atom stereocenters. The highest BCUT2D eigenvalue weighted by molar-refractivity contribution is 5.60. The van der Waals surface area contributed by atoms with Gasteiger partial charge in [-0.3, -0.25) is 0 Å². The van der Waals surface area contributed by atoms with Gasteiger partial charge in [-0.05, 0) is 6.92 Å². The lowest BCUT2D eigenvalue weighted by atomic mass is 10.1. The van der Waals surface area contributed by atoms with E-state index < -0.39 is 24.9 Å². The summed E-state index contributed by atoms with van der Waals surface area (Å²) in [6.07, 6.45) is -2.67. The fourth-order valence-corrected chi connectivity index (χ4v) is 1.55. The zero-order valence-corrected chi connectivity index (χ0v) is 10.2. The summed E-state index contributed by atoms with van der Waals surface area (Å²) in [5.41, 5.74) is 6.12. The van der Waals surface area contributed by atoms with Crippen LogP contribution in [-0.4, -0.2) is 61.7 Å². The molecule has 1 heterocycles. The van der Waals surface area contributed by atoms with Gasteiger partial charge in [0.1, 0.15) is 24.1 Å². The molecule has 0 aliphatic rings. The molecule has 0 aromatic carbocycles. The van der Waals surface area contributed by atoms with E-state index >= 15 is 0 Å². The van der Waals surface area contributed by atoms with Crippen LogP contribution in [0.3, 0.4) is 0 Å². The van der Waals surface area contributed by atoms with Gasteiger partial charge in [-0.25, -0.2) is 4.68 Å². The Morgan fingerprint density at radius 3 is 2.61 bits per heavy atom. The lowest BCUT2D eigenvalue weighted by Crippen LogP contribution is -2.41. The molecule has 0 bridgehead atoms. The molecule has 104 valence electrons. The lowest BCUT2D eigenvalue weighted by Gasteiger charge is -2.22. The van der Waals surface area contributed by atoms with Crippen LogP contribution in [0.2, 0.25) is 0 Å². The maximum atomic E-state index is 9.72. The quantitative estimate of drug-likeness (QED) is 0.332. The van der Waals surface area contributed by atoms with Crippen LogP contribution in [0.4, 0.5) is 11.5 Å². The Labute approximate surface area is 105 Å². The molecule has 0 aliphatic carbocycles. The van der Waals surface area contributed by atoms with Crippen LogP contribution in [0.15, 0.2) is 6.20 Å². The second-order valence-electron chi connectivity index (χ2n) is 3.97. The van der Waals surface area contributed by atoms with Gasteiger partial charge in [0.05, 0.1) is 25.0 Å². The summed E-state index contributed by atoms with van der Waals surface area (Å²) in [6, 6.07) is 0. The number of nitrogens with zero attached hydrogens (tertiary/aromatic N) is 2. The highest BCUT2D eigenvalue weighted by Crippen LogP contribution is 2.18. The van der Waals surface area contributed by atoms with Gasteiger partial charge < -0.3 is 31.5 Å².